The summed E-state index contributed by atoms with van der Waals surface area (Å²) >= 11 is 0. The average molecular weight is 502 g/mol. The van der Waals surface area contributed by atoms with Crippen molar-refractivity contribution < 1.29 is 4.79 Å². The molecule has 0 spiro atoms. The summed E-state index contributed by atoms with van der Waals surface area (Å²) in [5.74, 6) is 0.468. The van der Waals surface area contributed by atoms with E-state index in [-0.39, 0.29) is 5.91 Å². The smallest absolute Gasteiger partial charge is 0.255 e. The van der Waals surface area contributed by atoms with E-state index in [1.807, 2.05) is 83.7 Å². The molecule has 0 aliphatic heterocycles. The van der Waals surface area contributed by atoms with Gasteiger partial charge in [0, 0.05) is 29.3 Å². The molecule has 0 unspecified atom stereocenters. The topological polar surface area (TPSA) is 107 Å². The number of hydrogen-bond donors (Lipinski definition) is 2. The quantitative estimate of drug-likeness (QED) is 0.313. The average Bonchev–Trinajstić information content (AvgIpc) is 3.73. The highest BCUT2D eigenvalue weighted by Gasteiger charge is 2.11. The molecule has 0 atom stereocenters. The number of carbonyl (C=O) groups is 1. The molecule has 0 radical (unpaired) electrons. The Hall–Kier alpha value is -5.51. The Kier molecular flexibility index (Phi) is 6.17. The van der Waals surface area contributed by atoms with Crippen LogP contribution in [0.4, 0.5) is 17.3 Å². The molecule has 3 aromatic heterocycles. The fourth-order valence-corrected chi connectivity index (χ4v) is 4.09. The molecule has 0 bridgehead atoms. The Bertz CT molecular complexity index is 1670. The van der Waals surface area contributed by atoms with E-state index >= 15 is 0 Å². The van der Waals surface area contributed by atoms with Crippen molar-refractivity contribution in [2.45, 2.75) is 6.54 Å². The molecular formula is C28H23N9O. The molecule has 6 rings (SSSR count). The third-order valence-corrected chi connectivity index (χ3v) is 5.88. The number of nitrogens with one attached hydrogen (secondary N) is 2. The predicted molar refractivity (Wildman–Crippen MR) is 144 cm³/mol. The van der Waals surface area contributed by atoms with Crippen LogP contribution in [-0.4, -0.2) is 40.0 Å². The highest BCUT2D eigenvalue weighted by atomic mass is 16.1. The minimum Gasteiger partial charge on any atom is -0.323 e. The Balaban J connectivity index is 1.16. The Morgan fingerprint density at radius 2 is 1.74 bits per heavy atom. The van der Waals surface area contributed by atoms with Crippen LogP contribution in [-0.2, 0) is 6.54 Å². The zero-order valence-corrected chi connectivity index (χ0v) is 20.2. The van der Waals surface area contributed by atoms with Crippen LogP contribution in [0, 0.1) is 0 Å². The zero-order valence-electron chi connectivity index (χ0n) is 20.2. The summed E-state index contributed by atoms with van der Waals surface area (Å²) in [6, 6.07) is 24.9. The fraction of sp³-hybridized carbons (Fsp3) is 0.0357. The maximum Gasteiger partial charge on any atom is 0.255 e. The number of carbonyl (C=O) groups excluding carboxylic acids is 1. The van der Waals surface area contributed by atoms with Crippen molar-refractivity contribution in [3.8, 4) is 11.4 Å². The molecule has 1 amide bonds. The van der Waals surface area contributed by atoms with Crippen LogP contribution < -0.4 is 10.6 Å². The van der Waals surface area contributed by atoms with Crippen LogP contribution in [0.5, 0.6) is 0 Å². The predicted octanol–water partition coefficient (Wildman–Crippen LogP) is 4.69. The molecule has 38 heavy (non-hydrogen) atoms. The summed E-state index contributed by atoms with van der Waals surface area (Å²) < 4.78 is 5.41. The summed E-state index contributed by atoms with van der Waals surface area (Å²) in [7, 11) is 0. The molecule has 6 aromatic rings. The minimum atomic E-state index is -0.208. The molecule has 0 fully saturated rings. The minimum absolute atomic E-state index is 0.208. The van der Waals surface area contributed by atoms with Crippen molar-refractivity contribution in [2.24, 2.45) is 0 Å². The zero-order chi connectivity index (χ0) is 25.7. The van der Waals surface area contributed by atoms with Crippen LogP contribution in [0.1, 0.15) is 15.9 Å². The van der Waals surface area contributed by atoms with Crippen LogP contribution >= 0.6 is 0 Å². The first-order chi connectivity index (χ1) is 18.7. The van der Waals surface area contributed by atoms with Crippen molar-refractivity contribution in [2.75, 3.05) is 10.6 Å². The Labute approximate surface area is 218 Å². The van der Waals surface area contributed by atoms with Crippen molar-refractivity contribution >= 4 is 23.2 Å². The lowest BCUT2D eigenvalue weighted by atomic mass is 10.1. The van der Waals surface area contributed by atoms with E-state index in [2.05, 4.69) is 30.8 Å². The van der Waals surface area contributed by atoms with Crippen molar-refractivity contribution in [3.05, 3.63) is 127 Å². The molecule has 0 aliphatic carbocycles. The van der Waals surface area contributed by atoms with Gasteiger partial charge in [-0.25, -0.2) is 19.3 Å². The van der Waals surface area contributed by atoms with Gasteiger partial charge in [0.2, 0.25) is 5.95 Å². The third-order valence-electron chi connectivity index (χ3n) is 5.88. The maximum atomic E-state index is 13.0. The summed E-state index contributed by atoms with van der Waals surface area (Å²) in [4.78, 5) is 21.4. The number of aromatic nitrogens is 7. The van der Waals surface area contributed by atoms with Gasteiger partial charge in [-0.3, -0.25) is 9.36 Å². The van der Waals surface area contributed by atoms with E-state index < -0.39 is 0 Å². The SMILES string of the molecule is O=C(Nc1cccc(Cn2cncn2)c1)c1cccc(-n2cc(Nc3nccn3-c3ccccc3)cn2)c1. The van der Waals surface area contributed by atoms with Crippen molar-refractivity contribution in [1.29, 1.82) is 0 Å². The monoisotopic (exact) mass is 501 g/mol. The number of nitrogens with zero attached hydrogens (tertiary/aromatic N) is 7. The fourth-order valence-electron chi connectivity index (χ4n) is 4.09. The van der Waals surface area contributed by atoms with Crippen LogP contribution in [0.3, 0.4) is 0 Å². The van der Waals surface area contributed by atoms with Gasteiger partial charge in [0.25, 0.3) is 5.91 Å². The molecule has 3 heterocycles. The highest BCUT2D eigenvalue weighted by molar-refractivity contribution is 6.04. The molecule has 0 aliphatic rings. The lowest BCUT2D eigenvalue weighted by Gasteiger charge is -2.09. The molecule has 3 aromatic carbocycles. The van der Waals surface area contributed by atoms with Gasteiger partial charge in [-0.05, 0) is 48.0 Å². The molecule has 0 saturated carbocycles. The van der Waals surface area contributed by atoms with E-state index in [0.717, 1.165) is 22.6 Å². The van der Waals surface area contributed by atoms with Crippen LogP contribution in [0.15, 0.2) is 116 Å². The molecule has 10 heteroatoms. The Morgan fingerprint density at radius 3 is 2.61 bits per heavy atom. The second kappa shape index (κ2) is 10.2. The summed E-state index contributed by atoms with van der Waals surface area (Å²) in [6.45, 7) is 0.570. The molecule has 186 valence electrons. The lowest BCUT2D eigenvalue weighted by Crippen LogP contribution is -2.13. The van der Waals surface area contributed by atoms with Gasteiger partial charge in [0.15, 0.2) is 0 Å². The number of amides is 1. The van der Waals surface area contributed by atoms with Crippen LogP contribution in [0.2, 0.25) is 0 Å². The van der Waals surface area contributed by atoms with Gasteiger partial charge < -0.3 is 10.6 Å². The second-order valence-corrected chi connectivity index (χ2v) is 8.55. The first-order valence-electron chi connectivity index (χ1n) is 11.9. The molecule has 2 N–H and O–H groups in total. The van der Waals surface area contributed by atoms with Crippen molar-refractivity contribution in [3.63, 3.8) is 0 Å². The lowest BCUT2D eigenvalue weighted by molar-refractivity contribution is 0.102. The standard InChI is InChI=1S/C28H23N9O/c38-27(33-23-8-4-6-21(14-23)17-35-20-29-19-32-35)22-7-5-11-26(15-22)37-18-24(16-31-37)34-28-30-12-13-36(28)25-9-2-1-3-10-25/h1-16,18-20H,17H2,(H,30,34)(H,33,38). The third kappa shape index (κ3) is 5.05. The normalized spacial score (nSPS) is 10.8. The van der Waals surface area contributed by atoms with E-state index in [1.54, 1.807) is 40.2 Å². The van der Waals surface area contributed by atoms with Gasteiger partial charge in [-0.1, -0.05) is 36.4 Å². The van der Waals surface area contributed by atoms with Gasteiger partial charge in [0.05, 0.1) is 30.3 Å². The number of rotatable bonds is 8. The number of benzene rings is 3. The number of hydrogen-bond acceptors (Lipinski definition) is 6. The van der Waals surface area contributed by atoms with E-state index in [1.165, 1.54) is 6.33 Å². The van der Waals surface area contributed by atoms with E-state index in [9.17, 15) is 4.79 Å². The molecular weight excluding hydrogens is 478 g/mol. The van der Waals surface area contributed by atoms with Gasteiger partial charge >= 0.3 is 0 Å². The molecule has 10 nitrogen and oxygen atoms in total. The van der Waals surface area contributed by atoms with E-state index in [0.29, 0.717) is 23.7 Å². The molecule has 0 saturated heterocycles. The van der Waals surface area contributed by atoms with Gasteiger partial charge in [-0.15, -0.1) is 0 Å². The first-order valence-corrected chi connectivity index (χ1v) is 11.9. The Morgan fingerprint density at radius 1 is 0.868 bits per heavy atom. The van der Waals surface area contributed by atoms with E-state index in [4.69, 9.17) is 0 Å². The van der Waals surface area contributed by atoms with Crippen molar-refractivity contribution in [1.82, 2.24) is 34.1 Å². The van der Waals surface area contributed by atoms with Gasteiger partial charge in [0.1, 0.15) is 12.7 Å². The highest BCUT2D eigenvalue weighted by Crippen LogP contribution is 2.21. The largest absolute Gasteiger partial charge is 0.323 e. The summed E-state index contributed by atoms with van der Waals surface area (Å²) in [5, 5.41) is 14.9. The first kappa shape index (κ1) is 22.9. The summed E-state index contributed by atoms with van der Waals surface area (Å²) in [5.41, 5.74) is 4.77. The number of imidazole rings is 1. The second-order valence-electron chi connectivity index (χ2n) is 8.55. The summed E-state index contributed by atoms with van der Waals surface area (Å²) in [6.07, 6.45) is 10.4. The number of para-hydroxylation sites is 1. The maximum absolute atomic E-state index is 13.0. The van der Waals surface area contributed by atoms with Crippen LogP contribution in [0.25, 0.3) is 11.4 Å². The van der Waals surface area contributed by atoms with Gasteiger partial charge in [-0.2, -0.15) is 10.2 Å². The number of anilines is 3.